The van der Waals surface area contributed by atoms with Crippen LogP contribution in [-0.4, -0.2) is 23.5 Å². The molecule has 0 unspecified atom stereocenters. The first-order chi connectivity index (χ1) is 17.4. The van der Waals surface area contributed by atoms with Crippen LogP contribution in [0.1, 0.15) is 0 Å². The van der Waals surface area contributed by atoms with Gasteiger partial charge in [-0.3, -0.25) is 8.97 Å². The van der Waals surface area contributed by atoms with Crippen LogP contribution in [0.15, 0.2) is 116 Å². The van der Waals surface area contributed by atoms with E-state index in [9.17, 15) is 0 Å². The number of hydrogen-bond donors (Lipinski definition) is 0. The van der Waals surface area contributed by atoms with Crippen LogP contribution in [0.5, 0.6) is 0 Å². The lowest BCUT2D eigenvalue weighted by Crippen LogP contribution is -2.00. The molecule has 5 heterocycles. The second kappa shape index (κ2) is 6.81. The summed E-state index contributed by atoms with van der Waals surface area (Å²) < 4.78 is 6.68. The number of imidazole rings is 1. The molecule has 8 aromatic rings. The van der Waals surface area contributed by atoms with Gasteiger partial charge in [-0.1, -0.05) is 42.5 Å². The SMILES string of the molecule is c1ccc2c(c1)c1ccccc1n2-c1ccc(-n2c3ncccc3c3nc4ccccn4c32)cc1. The maximum Gasteiger partial charge on any atom is 0.151 e. The Labute approximate surface area is 200 Å². The highest BCUT2D eigenvalue weighted by Gasteiger charge is 2.19. The summed E-state index contributed by atoms with van der Waals surface area (Å²) >= 11 is 0. The van der Waals surface area contributed by atoms with Crippen molar-refractivity contribution in [2.75, 3.05) is 0 Å². The molecule has 3 aromatic carbocycles. The normalized spacial score (nSPS) is 12.0. The average molecular weight is 450 g/mol. The van der Waals surface area contributed by atoms with Gasteiger partial charge in [-0.2, -0.15) is 0 Å². The zero-order valence-electron chi connectivity index (χ0n) is 18.7. The van der Waals surface area contributed by atoms with Gasteiger partial charge in [0.15, 0.2) is 5.65 Å². The van der Waals surface area contributed by atoms with Gasteiger partial charge in [0.05, 0.1) is 11.0 Å². The summed E-state index contributed by atoms with van der Waals surface area (Å²) in [6.45, 7) is 0. The van der Waals surface area contributed by atoms with Gasteiger partial charge < -0.3 is 4.57 Å². The molecule has 5 nitrogen and oxygen atoms in total. The minimum atomic E-state index is 0.910. The molecule has 35 heavy (non-hydrogen) atoms. The lowest BCUT2D eigenvalue weighted by Gasteiger charge is -2.11. The molecule has 0 saturated carbocycles. The molecule has 0 aliphatic carbocycles. The van der Waals surface area contributed by atoms with Crippen molar-refractivity contribution in [3.05, 3.63) is 116 Å². The number of hydrogen-bond acceptors (Lipinski definition) is 2. The van der Waals surface area contributed by atoms with Gasteiger partial charge in [0.2, 0.25) is 0 Å². The highest BCUT2D eigenvalue weighted by molar-refractivity contribution is 6.09. The molecule has 5 aromatic heterocycles. The van der Waals surface area contributed by atoms with Crippen LogP contribution in [0, 0.1) is 0 Å². The first kappa shape index (κ1) is 18.5. The zero-order chi connectivity index (χ0) is 22.9. The Kier molecular flexibility index (Phi) is 3.60. The fourth-order valence-corrected chi connectivity index (χ4v) is 5.43. The van der Waals surface area contributed by atoms with Gasteiger partial charge in [-0.25, -0.2) is 9.97 Å². The van der Waals surface area contributed by atoms with Crippen molar-refractivity contribution in [3.63, 3.8) is 0 Å². The molecule has 8 rings (SSSR count). The van der Waals surface area contributed by atoms with Crippen molar-refractivity contribution >= 4 is 49.7 Å². The van der Waals surface area contributed by atoms with Crippen molar-refractivity contribution in [3.8, 4) is 11.4 Å². The maximum atomic E-state index is 4.91. The van der Waals surface area contributed by atoms with Crippen LogP contribution < -0.4 is 0 Å². The first-order valence-electron chi connectivity index (χ1n) is 11.7. The lowest BCUT2D eigenvalue weighted by atomic mass is 10.2. The Morgan fingerprint density at radius 1 is 0.543 bits per heavy atom. The number of rotatable bonds is 2. The molecule has 0 amide bonds. The van der Waals surface area contributed by atoms with Crippen molar-refractivity contribution < 1.29 is 0 Å². The quantitative estimate of drug-likeness (QED) is 0.287. The Morgan fingerprint density at radius 2 is 1.17 bits per heavy atom. The number of nitrogens with zero attached hydrogens (tertiary/aromatic N) is 5. The van der Waals surface area contributed by atoms with E-state index in [1.807, 2.05) is 30.5 Å². The van der Waals surface area contributed by atoms with Crippen LogP contribution in [0.2, 0.25) is 0 Å². The summed E-state index contributed by atoms with van der Waals surface area (Å²) in [6, 6.07) is 36.1. The van der Waals surface area contributed by atoms with Crippen LogP contribution in [0.4, 0.5) is 0 Å². The molecule has 0 spiro atoms. The van der Waals surface area contributed by atoms with E-state index in [0.717, 1.165) is 39.2 Å². The molecule has 5 heteroatoms. The molecule has 0 aliphatic rings. The van der Waals surface area contributed by atoms with E-state index in [0.29, 0.717) is 0 Å². The highest BCUT2D eigenvalue weighted by Crippen LogP contribution is 2.34. The summed E-state index contributed by atoms with van der Waals surface area (Å²) in [7, 11) is 0. The second-order valence-electron chi connectivity index (χ2n) is 8.81. The average Bonchev–Trinajstić information content (AvgIpc) is 3.56. The van der Waals surface area contributed by atoms with Gasteiger partial charge in [0.25, 0.3) is 0 Å². The number of aromatic nitrogens is 5. The number of para-hydroxylation sites is 2. The lowest BCUT2D eigenvalue weighted by molar-refractivity contribution is 1.07. The molecule has 0 saturated heterocycles. The topological polar surface area (TPSA) is 40.0 Å². The van der Waals surface area contributed by atoms with Crippen molar-refractivity contribution in [2.45, 2.75) is 0 Å². The van der Waals surface area contributed by atoms with E-state index < -0.39 is 0 Å². The number of benzene rings is 3. The van der Waals surface area contributed by atoms with E-state index in [2.05, 4.69) is 98.6 Å². The minimum Gasteiger partial charge on any atom is -0.309 e. The van der Waals surface area contributed by atoms with Crippen LogP contribution in [-0.2, 0) is 0 Å². The maximum absolute atomic E-state index is 4.91. The van der Waals surface area contributed by atoms with Gasteiger partial charge in [0.1, 0.15) is 16.8 Å². The standard InChI is InChI=1S/C30H19N5/c1-3-11-25-22(8-1)23-9-2-4-12-26(23)34(25)20-14-16-21(17-15-20)35-29-24(10-7-18-31-29)28-30(35)33-19-6-5-13-27(33)32-28/h1-19H. The molecule has 0 bridgehead atoms. The number of fused-ring (bicyclic) bond motifs is 8. The molecule has 164 valence electrons. The van der Waals surface area contributed by atoms with Crippen molar-refractivity contribution in [1.29, 1.82) is 0 Å². The number of pyridine rings is 2. The smallest absolute Gasteiger partial charge is 0.151 e. The fourth-order valence-electron chi connectivity index (χ4n) is 5.43. The van der Waals surface area contributed by atoms with E-state index in [1.54, 1.807) is 0 Å². The first-order valence-corrected chi connectivity index (χ1v) is 11.7. The van der Waals surface area contributed by atoms with Crippen LogP contribution >= 0.6 is 0 Å². The summed E-state index contributed by atoms with van der Waals surface area (Å²) in [6.07, 6.45) is 3.91. The predicted octanol–water partition coefficient (Wildman–Crippen LogP) is 6.92. The monoisotopic (exact) mass is 449 g/mol. The third kappa shape index (κ3) is 2.47. The van der Waals surface area contributed by atoms with Crippen molar-refractivity contribution in [1.82, 2.24) is 23.5 Å². The molecule has 0 radical (unpaired) electrons. The second-order valence-corrected chi connectivity index (χ2v) is 8.81. The minimum absolute atomic E-state index is 0.910. The van der Waals surface area contributed by atoms with Gasteiger partial charge in [-0.05, 0) is 60.7 Å². The van der Waals surface area contributed by atoms with Crippen LogP contribution in [0.3, 0.4) is 0 Å². The summed E-state index contributed by atoms with van der Waals surface area (Å²) in [5, 5.41) is 3.58. The predicted molar refractivity (Wildman–Crippen MR) is 142 cm³/mol. The summed E-state index contributed by atoms with van der Waals surface area (Å²) in [5.41, 5.74) is 8.43. The van der Waals surface area contributed by atoms with Gasteiger partial charge >= 0.3 is 0 Å². The Bertz CT molecular complexity index is 2000. The Balaban J connectivity index is 1.39. The molecular formula is C30H19N5. The van der Waals surface area contributed by atoms with E-state index in [-0.39, 0.29) is 0 Å². The summed E-state index contributed by atoms with van der Waals surface area (Å²) in [5.74, 6) is 0. The molecule has 0 N–H and O–H groups in total. The Morgan fingerprint density at radius 3 is 1.91 bits per heavy atom. The molecular weight excluding hydrogens is 430 g/mol. The largest absolute Gasteiger partial charge is 0.309 e. The van der Waals surface area contributed by atoms with Crippen LogP contribution in [0.25, 0.3) is 61.0 Å². The van der Waals surface area contributed by atoms with Crippen molar-refractivity contribution in [2.24, 2.45) is 0 Å². The highest BCUT2D eigenvalue weighted by atomic mass is 15.2. The molecule has 0 aliphatic heterocycles. The summed E-state index contributed by atoms with van der Waals surface area (Å²) in [4.78, 5) is 9.65. The third-order valence-electron chi connectivity index (χ3n) is 6.92. The van der Waals surface area contributed by atoms with E-state index >= 15 is 0 Å². The molecule has 0 fully saturated rings. The van der Waals surface area contributed by atoms with E-state index in [1.165, 1.54) is 21.8 Å². The zero-order valence-corrected chi connectivity index (χ0v) is 18.7. The van der Waals surface area contributed by atoms with E-state index in [4.69, 9.17) is 9.97 Å². The fraction of sp³-hybridized carbons (Fsp3) is 0. The Hall–Kier alpha value is -4.90. The van der Waals surface area contributed by atoms with Gasteiger partial charge in [-0.15, -0.1) is 0 Å². The molecule has 0 atom stereocenters. The van der Waals surface area contributed by atoms with Gasteiger partial charge in [0, 0.05) is 39.9 Å². The third-order valence-corrected chi connectivity index (χ3v) is 6.92.